The molecule has 0 aliphatic carbocycles. The van der Waals surface area contributed by atoms with Crippen molar-refractivity contribution in [3.05, 3.63) is 94.5 Å². The van der Waals surface area contributed by atoms with Crippen LogP contribution in [0, 0.1) is 0 Å². The quantitative estimate of drug-likeness (QED) is 0.547. The van der Waals surface area contributed by atoms with Gasteiger partial charge in [-0.1, -0.05) is 42.5 Å². The van der Waals surface area contributed by atoms with Crippen molar-refractivity contribution >= 4 is 29.2 Å². The summed E-state index contributed by atoms with van der Waals surface area (Å²) < 4.78 is 6.28. The van der Waals surface area contributed by atoms with Crippen molar-refractivity contribution in [2.24, 2.45) is 0 Å². The molecule has 168 valence electrons. The average molecular weight is 460 g/mol. The van der Waals surface area contributed by atoms with Crippen molar-refractivity contribution in [3.8, 4) is 0 Å². The van der Waals surface area contributed by atoms with Gasteiger partial charge in [-0.25, -0.2) is 0 Å². The number of morpholine rings is 1. The maximum absolute atomic E-state index is 13.8. The smallest absolute Gasteiger partial charge is 0.257 e. The fourth-order valence-corrected chi connectivity index (χ4v) is 5.31. The zero-order valence-corrected chi connectivity index (χ0v) is 19.0. The van der Waals surface area contributed by atoms with Crippen molar-refractivity contribution in [2.75, 3.05) is 26.2 Å². The first kappa shape index (κ1) is 21.6. The van der Waals surface area contributed by atoms with Crippen LogP contribution >= 0.6 is 11.3 Å². The Morgan fingerprint density at radius 3 is 2.82 bits per heavy atom. The zero-order chi connectivity index (χ0) is 22.7. The summed E-state index contributed by atoms with van der Waals surface area (Å²) in [4.78, 5) is 35.6. The van der Waals surface area contributed by atoms with Crippen LogP contribution in [0.5, 0.6) is 0 Å². The van der Waals surface area contributed by atoms with Crippen molar-refractivity contribution in [3.63, 3.8) is 0 Å². The third-order valence-electron chi connectivity index (χ3n) is 6.30. The SMILES string of the molecule is O=C(/C=C/c1cccs1)N1CCOC2(C1)C(=O)N(Cc1cccnc1)CC2c1ccccc1. The number of likely N-dealkylation sites (tertiary alicyclic amines) is 1. The number of amides is 2. The maximum atomic E-state index is 13.8. The van der Waals surface area contributed by atoms with E-state index in [1.54, 1.807) is 34.7 Å². The van der Waals surface area contributed by atoms with E-state index in [-0.39, 0.29) is 24.3 Å². The topological polar surface area (TPSA) is 62.7 Å². The van der Waals surface area contributed by atoms with Gasteiger partial charge in [0, 0.05) is 48.9 Å². The van der Waals surface area contributed by atoms with Crippen molar-refractivity contribution in [1.29, 1.82) is 0 Å². The normalized spacial score (nSPS) is 23.0. The van der Waals surface area contributed by atoms with E-state index in [1.807, 2.05) is 71.0 Å². The third-order valence-corrected chi connectivity index (χ3v) is 7.14. The van der Waals surface area contributed by atoms with E-state index in [0.717, 1.165) is 16.0 Å². The number of nitrogens with zero attached hydrogens (tertiary/aromatic N) is 3. The minimum Gasteiger partial charge on any atom is -0.361 e. The summed E-state index contributed by atoms with van der Waals surface area (Å²) in [5.74, 6) is -0.337. The number of carbonyl (C=O) groups is 2. The van der Waals surface area contributed by atoms with E-state index in [9.17, 15) is 9.59 Å². The molecule has 33 heavy (non-hydrogen) atoms. The molecule has 6 nitrogen and oxygen atoms in total. The summed E-state index contributed by atoms with van der Waals surface area (Å²) in [5, 5.41) is 1.98. The lowest BCUT2D eigenvalue weighted by Gasteiger charge is -2.41. The number of pyridine rings is 1. The second kappa shape index (κ2) is 9.29. The van der Waals surface area contributed by atoms with Crippen LogP contribution in [-0.2, 0) is 20.9 Å². The predicted octanol–water partition coefficient (Wildman–Crippen LogP) is 3.58. The maximum Gasteiger partial charge on any atom is 0.257 e. The molecule has 0 N–H and O–H groups in total. The number of ether oxygens (including phenoxy) is 1. The van der Waals surface area contributed by atoms with E-state index in [4.69, 9.17) is 4.74 Å². The molecular formula is C26H25N3O3S. The molecule has 2 unspecified atom stereocenters. The largest absolute Gasteiger partial charge is 0.361 e. The highest BCUT2D eigenvalue weighted by Crippen LogP contribution is 2.42. The van der Waals surface area contributed by atoms with E-state index in [0.29, 0.717) is 26.2 Å². The number of benzene rings is 1. The highest BCUT2D eigenvalue weighted by molar-refractivity contribution is 7.10. The molecule has 7 heteroatoms. The number of rotatable bonds is 5. The monoisotopic (exact) mass is 459 g/mol. The van der Waals surface area contributed by atoms with Gasteiger partial charge in [-0.3, -0.25) is 14.6 Å². The van der Waals surface area contributed by atoms with Crippen molar-refractivity contribution in [1.82, 2.24) is 14.8 Å². The van der Waals surface area contributed by atoms with Crippen LogP contribution < -0.4 is 0 Å². The molecule has 0 bridgehead atoms. The molecule has 0 saturated carbocycles. The van der Waals surface area contributed by atoms with Gasteiger partial charge < -0.3 is 14.5 Å². The lowest BCUT2D eigenvalue weighted by Crippen LogP contribution is -2.59. The van der Waals surface area contributed by atoms with Gasteiger partial charge in [0.2, 0.25) is 5.91 Å². The van der Waals surface area contributed by atoms with Crippen LogP contribution in [0.15, 0.2) is 78.4 Å². The first-order valence-corrected chi connectivity index (χ1v) is 11.9. The average Bonchev–Trinajstić information content (AvgIpc) is 3.47. The second-order valence-corrected chi connectivity index (χ2v) is 9.34. The molecule has 2 aliphatic heterocycles. The van der Waals surface area contributed by atoms with Gasteiger partial charge in [0.25, 0.3) is 5.91 Å². The summed E-state index contributed by atoms with van der Waals surface area (Å²) in [7, 11) is 0. The Bertz CT molecular complexity index is 1130. The van der Waals surface area contributed by atoms with Gasteiger partial charge in [0.05, 0.1) is 13.2 Å². The Morgan fingerprint density at radius 1 is 1.18 bits per heavy atom. The Balaban J connectivity index is 1.43. The van der Waals surface area contributed by atoms with E-state index < -0.39 is 5.60 Å². The van der Waals surface area contributed by atoms with Gasteiger partial charge >= 0.3 is 0 Å². The molecule has 3 aromatic rings. The molecule has 2 aromatic heterocycles. The zero-order valence-electron chi connectivity index (χ0n) is 18.2. The van der Waals surface area contributed by atoms with Crippen LogP contribution in [0.2, 0.25) is 0 Å². The van der Waals surface area contributed by atoms with Gasteiger partial charge in [-0.15, -0.1) is 11.3 Å². The summed E-state index contributed by atoms with van der Waals surface area (Å²) in [6, 6.07) is 17.8. The Labute approximate surface area is 197 Å². The molecule has 2 amide bonds. The Hall–Kier alpha value is -3.29. The van der Waals surface area contributed by atoms with E-state index in [1.165, 1.54) is 0 Å². The molecule has 0 radical (unpaired) electrons. The summed E-state index contributed by atoms with van der Waals surface area (Å²) >= 11 is 1.58. The van der Waals surface area contributed by atoms with Crippen LogP contribution in [0.4, 0.5) is 0 Å². The van der Waals surface area contributed by atoms with Crippen molar-refractivity contribution < 1.29 is 14.3 Å². The fraction of sp³-hybridized carbons (Fsp3) is 0.269. The standard InChI is InChI=1S/C26H25N3O3S/c30-24(11-10-22-9-5-15-33-22)28-13-14-32-26(19-28)23(21-7-2-1-3-8-21)18-29(25(26)31)17-20-6-4-12-27-16-20/h1-12,15-16,23H,13-14,17-19H2/b11-10+. The van der Waals surface area contributed by atoms with E-state index in [2.05, 4.69) is 4.98 Å². The molecule has 2 saturated heterocycles. The van der Waals surface area contributed by atoms with E-state index >= 15 is 0 Å². The number of aromatic nitrogens is 1. The predicted molar refractivity (Wildman–Crippen MR) is 127 cm³/mol. The lowest BCUT2D eigenvalue weighted by molar-refractivity contribution is -0.166. The molecule has 1 aromatic carbocycles. The van der Waals surface area contributed by atoms with Gasteiger partial charge in [0.15, 0.2) is 5.60 Å². The second-order valence-electron chi connectivity index (χ2n) is 8.36. The molecule has 2 fully saturated rings. The molecular weight excluding hydrogens is 434 g/mol. The first-order chi connectivity index (χ1) is 16.2. The van der Waals surface area contributed by atoms with Crippen LogP contribution in [0.3, 0.4) is 0 Å². The molecule has 2 aliphatic rings. The van der Waals surface area contributed by atoms with Gasteiger partial charge in [-0.05, 0) is 34.7 Å². The molecule has 2 atom stereocenters. The summed E-state index contributed by atoms with van der Waals surface area (Å²) in [5.41, 5.74) is 0.925. The Kier molecular flexibility index (Phi) is 6.07. The lowest BCUT2D eigenvalue weighted by atomic mass is 9.83. The third kappa shape index (κ3) is 4.34. The van der Waals surface area contributed by atoms with Gasteiger partial charge in [0.1, 0.15) is 0 Å². The van der Waals surface area contributed by atoms with Gasteiger partial charge in [-0.2, -0.15) is 0 Å². The Morgan fingerprint density at radius 2 is 2.06 bits per heavy atom. The van der Waals surface area contributed by atoms with Crippen LogP contribution in [-0.4, -0.2) is 58.4 Å². The van der Waals surface area contributed by atoms with Crippen molar-refractivity contribution in [2.45, 2.75) is 18.1 Å². The fourth-order valence-electron chi connectivity index (χ4n) is 4.70. The number of hydrogen-bond donors (Lipinski definition) is 0. The minimum absolute atomic E-state index is 0.0695. The van der Waals surface area contributed by atoms with Crippen LogP contribution in [0.25, 0.3) is 6.08 Å². The number of thiophene rings is 1. The molecule has 5 rings (SSSR count). The summed E-state index contributed by atoms with van der Waals surface area (Å²) in [6.07, 6.45) is 6.92. The summed E-state index contributed by atoms with van der Waals surface area (Å²) in [6.45, 7) is 2.03. The highest BCUT2D eigenvalue weighted by Gasteiger charge is 2.58. The minimum atomic E-state index is -1.09. The molecule has 4 heterocycles. The first-order valence-electron chi connectivity index (χ1n) is 11.0. The number of hydrogen-bond acceptors (Lipinski definition) is 5. The van der Waals surface area contributed by atoms with Crippen LogP contribution in [0.1, 0.15) is 21.9 Å². The highest BCUT2D eigenvalue weighted by atomic mass is 32.1. The molecule has 1 spiro atoms. The number of carbonyl (C=O) groups excluding carboxylic acids is 2.